The van der Waals surface area contributed by atoms with Crippen molar-refractivity contribution in [1.29, 1.82) is 0 Å². The van der Waals surface area contributed by atoms with E-state index in [0.717, 1.165) is 38.6 Å². The van der Waals surface area contributed by atoms with E-state index >= 15 is 0 Å². The van der Waals surface area contributed by atoms with Crippen molar-refractivity contribution < 1.29 is 9.16 Å². The smallest absolute Gasteiger partial charge is 0.191 e. The van der Waals surface area contributed by atoms with Crippen LogP contribution in [0.25, 0.3) is 0 Å². The van der Waals surface area contributed by atoms with Crippen LogP contribution in [0.15, 0.2) is 24.8 Å². The van der Waals surface area contributed by atoms with Gasteiger partial charge in [0.05, 0.1) is 13.2 Å². The molecule has 0 N–H and O–H groups in total. The number of fused-ring (bicyclic) bond motifs is 1. The highest BCUT2D eigenvalue weighted by Gasteiger charge is 2.61. The molecule has 0 aromatic rings. The van der Waals surface area contributed by atoms with Crippen molar-refractivity contribution in [2.75, 3.05) is 19.8 Å². The number of hydrogen-bond donors (Lipinski definition) is 0. The molecule has 0 spiro atoms. The summed E-state index contributed by atoms with van der Waals surface area (Å²) in [7, 11) is -1.59. The predicted octanol–water partition coefficient (Wildman–Crippen LogP) is 6.21. The molecule has 0 aromatic heterocycles. The van der Waals surface area contributed by atoms with Crippen LogP contribution < -0.4 is 0 Å². The van der Waals surface area contributed by atoms with Crippen molar-refractivity contribution in [2.24, 2.45) is 23.2 Å². The van der Waals surface area contributed by atoms with Crippen LogP contribution >= 0.6 is 0 Å². The second-order valence-electron chi connectivity index (χ2n) is 9.60. The maximum absolute atomic E-state index is 6.28. The molecule has 25 heavy (non-hydrogen) atoms. The third kappa shape index (κ3) is 4.14. The van der Waals surface area contributed by atoms with E-state index in [9.17, 15) is 0 Å². The number of unbranched alkanes of at least 4 members (excludes halogenated alkanes) is 1. The van der Waals surface area contributed by atoms with Gasteiger partial charge in [-0.15, -0.1) is 6.58 Å². The summed E-state index contributed by atoms with van der Waals surface area (Å²) in [6, 6.07) is 0. The topological polar surface area (TPSA) is 18.5 Å². The van der Waals surface area contributed by atoms with E-state index in [2.05, 4.69) is 65.6 Å². The van der Waals surface area contributed by atoms with E-state index in [4.69, 9.17) is 9.16 Å². The molecule has 3 heteroatoms. The summed E-state index contributed by atoms with van der Waals surface area (Å²) in [6.45, 7) is 20.7. The van der Waals surface area contributed by atoms with Gasteiger partial charge >= 0.3 is 0 Å². The molecule has 144 valence electrons. The van der Waals surface area contributed by atoms with Crippen LogP contribution in [0, 0.1) is 23.2 Å². The van der Waals surface area contributed by atoms with Crippen molar-refractivity contribution in [1.82, 2.24) is 0 Å². The first-order chi connectivity index (χ1) is 11.7. The SMILES string of the molecule is C=CC12COC[C@H]1[C@@H](CCC)[C@@H]2/C=C\CCCO[Si](C)(C)C(C)(C)C. The molecule has 2 nitrogen and oxygen atoms in total. The maximum atomic E-state index is 6.28. The molecule has 1 aliphatic carbocycles. The average molecular weight is 365 g/mol. The summed E-state index contributed by atoms with van der Waals surface area (Å²) < 4.78 is 12.1. The maximum Gasteiger partial charge on any atom is 0.191 e. The molecule has 2 rings (SSSR count). The summed E-state index contributed by atoms with van der Waals surface area (Å²) in [5.74, 6) is 2.10. The summed E-state index contributed by atoms with van der Waals surface area (Å²) in [5.41, 5.74) is 0.216. The van der Waals surface area contributed by atoms with Gasteiger partial charge in [-0.05, 0) is 55.1 Å². The van der Waals surface area contributed by atoms with Gasteiger partial charge in [-0.2, -0.15) is 0 Å². The number of hydrogen-bond acceptors (Lipinski definition) is 2. The van der Waals surface area contributed by atoms with Crippen LogP contribution in [0.3, 0.4) is 0 Å². The monoisotopic (exact) mass is 364 g/mol. The fourth-order valence-electron chi connectivity index (χ4n) is 4.39. The molecule has 2 aliphatic rings. The fraction of sp³-hybridized carbons (Fsp3) is 0.818. The summed E-state index contributed by atoms with van der Waals surface area (Å²) in [6.07, 6.45) is 11.9. The van der Waals surface area contributed by atoms with Gasteiger partial charge < -0.3 is 9.16 Å². The van der Waals surface area contributed by atoms with E-state index < -0.39 is 8.32 Å². The van der Waals surface area contributed by atoms with E-state index in [1.807, 2.05) is 0 Å². The van der Waals surface area contributed by atoms with Crippen LogP contribution in [0.2, 0.25) is 18.1 Å². The minimum absolute atomic E-state index is 0.216. The minimum atomic E-state index is -1.59. The third-order valence-corrected chi connectivity index (χ3v) is 11.6. The third-order valence-electron chi connectivity index (χ3n) is 7.07. The van der Waals surface area contributed by atoms with E-state index in [1.54, 1.807) is 0 Å². The normalized spacial score (nSPS) is 32.6. The zero-order valence-electron chi connectivity index (χ0n) is 17.4. The molecule has 2 fully saturated rings. The van der Waals surface area contributed by atoms with Gasteiger partial charge in [0, 0.05) is 12.0 Å². The lowest BCUT2D eigenvalue weighted by atomic mass is 9.47. The Morgan fingerprint density at radius 3 is 2.64 bits per heavy atom. The molecule has 0 aromatic carbocycles. The Labute approximate surface area is 157 Å². The van der Waals surface area contributed by atoms with Gasteiger partial charge in [-0.1, -0.05) is 52.3 Å². The standard InChI is InChI=1S/C22H40O2Si/c1-8-13-18-19(22(9-2)17-23-16-20(18)22)14-11-10-12-15-24-25(6,7)21(3,4)5/h9,11,14,18-20H,2,8,10,12-13,15-17H2,1,3-7H3/b14-11-/t18-,19-,20-,22?/m0/s1. The van der Waals surface area contributed by atoms with Crippen LogP contribution in [0.5, 0.6) is 0 Å². The van der Waals surface area contributed by atoms with Gasteiger partial charge in [0.15, 0.2) is 8.32 Å². The zero-order valence-corrected chi connectivity index (χ0v) is 18.4. The van der Waals surface area contributed by atoms with Gasteiger partial charge in [-0.25, -0.2) is 0 Å². The first-order valence-corrected chi connectivity index (χ1v) is 13.1. The highest BCUT2D eigenvalue weighted by atomic mass is 28.4. The number of allylic oxidation sites excluding steroid dienone is 2. The highest BCUT2D eigenvalue weighted by molar-refractivity contribution is 6.74. The van der Waals surface area contributed by atoms with Crippen molar-refractivity contribution >= 4 is 8.32 Å². The summed E-state index contributed by atoms with van der Waals surface area (Å²) >= 11 is 0. The molecule has 1 heterocycles. The number of ether oxygens (including phenoxy) is 1. The molecule has 1 saturated carbocycles. The van der Waals surface area contributed by atoms with Crippen molar-refractivity contribution in [3.05, 3.63) is 24.8 Å². The second kappa shape index (κ2) is 8.10. The molecule has 4 atom stereocenters. The van der Waals surface area contributed by atoms with Gasteiger partial charge in [-0.3, -0.25) is 0 Å². The molecule has 1 unspecified atom stereocenters. The molecule has 1 aliphatic heterocycles. The van der Waals surface area contributed by atoms with Gasteiger partial charge in [0.2, 0.25) is 0 Å². The lowest BCUT2D eigenvalue weighted by Gasteiger charge is -2.55. The molecular formula is C22H40O2Si. The van der Waals surface area contributed by atoms with Crippen molar-refractivity contribution in [3.63, 3.8) is 0 Å². The lowest BCUT2D eigenvalue weighted by molar-refractivity contribution is -0.0217. The second-order valence-corrected chi connectivity index (χ2v) is 14.4. The lowest BCUT2D eigenvalue weighted by Crippen LogP contribution is -2.54. The summed E-state index contributed by atoms with van der Waals surface area (Å²) in [4.78, 5) is 0. The highest BCUT2D eigenvalue weighted by Crippen LogP contribution is 2.62. The molecule has 0 radical (unpaired) electrons. The summed E-state index contributed by atoms with van der Waals surface area (Å²) in [5, 5.41) is 0.302. The molecule has 0 bridgehead atoms. The molecule has 0 amide bonds. The average Bonchev–Trinajstić information content (AvgIpc) is 2.90. The molecular weight excluding hydrogens is 324 g/mol. The fourth-order valence-corrected chi connectivity index (χ4v) is 5.48. The first-order valence-electron chi connectivity index (χ1n) is 10.2. The van der Waals surface area contributed by atoms with Crippen LogP contribution in [-0.2, 0) is 9.16 Å². The van der Waals surface area contributed by atoms with Crippen LogP contribution in [-0.4, -0.2) is 28.1 Å². The Kier molecular flexibility index (Phi) is 6.78. The number of rotatable bonds is 9. The van der Waals surface area contributed by atoms with E-state index in [-0.39, 0.29) is 5.41 Å². The largest absolute Gasteiger partial charge is 0.417 e. The first kappa shape index (κ1) is 20.9. The zero-order chi connectivity index (χ0) is 18.7. The minimum Gasteiger partial charge on any atom is -0.417 e. The Balaban J connectivity index is 1.82. The molecule has 1 saturated heterocycles. The predicted molar refractivity (Wildman–Crippen MR) is 110 cm³/mol. The van der Waals surface area contributed by atoms with Crippen LogP contribution in [0.4, 0.5) is 0 Å². The van der Waals surface area contributed by atoms with Gasteiger partial charge in [0.25, 0.3) is 0 Å². The van der Waals surface area contributed by atoms with E-state index in [1.165, 1.54) is 12.8 Å². The van der Waals surface area contributed by atoms with Crippen LogP contribution in [0.1, 0.15) is 53.4 Å². The Hall–Kier alpha value is -0.383. The van der Waals surface area contributed by atoms with E-state index in [0.29, 0.717) is 16.9 Å². The quantitative estimate of drug-likeness (QED) is 0.275. The van der Waals surface area contributed by atoms with Crippen molar-refractivity contribution in [3.8, 4) is 0 Å². The van der Waals surface area contributed by atoms with Crippen molar-refractivity contribution in [2.45, 2.75) is 71.5 Å². The Morgan fingerprint density at radius 2 is 2.04 bits per heavy atom. The van der Waals surface area contributed by atoms with Gasteiger partial charge in [0.1, 0.15) is 0 Å². The Bertz CT molecular complexity index is 477. The Morgan fingerprint density at radius 1 is 1.32 bits per heavy atom.